The van der Waals surface area contributed by atoms with E-state index in [-0.39, 0.29) is 38.1 Å². The molecule has 2 aromatic rings. The summed E-state index contributed by atoms with van der Waals surface area (Å²) < 4.78 is 68.3. The summed E-state index contributed by atoms with van der Waals surface area (Å²) in [5, 5.41) is 0. The maximum absolute atomic E-state index is 14.9. The van der Waals surface area contributed by atoms with Gasteiger partial charge in [-0.3, -0.25) is 9.59 Å². The van der Waals surface area contributed by atoms with Gasteiger partial charge in [-0.05, 0) is 83.3 Å². The van der Waals surface area contributed by atoms with Crippen LogP contribution in [0.3, 0.4) is 0 Å². The maximum atomic E-state index is 14.9. The number of aryl methyl sites for hydroxylation is 1. The van der Waals surface area contributed by atoms with Gasteiger partial charge in [-0.1, -0.05) is 40.5 Å². The lowest BCUT2D eigenvalue weighted by atomic mass is 9.77. The monoisotopic (exact) mass is 733 g/mol. The van der Waals surface area contributed by atoms with Crippen molar-refractivity contribution in [3.05, 3.63) is 23.9 Å². The minimum atomic E-state index is -4.78. The number of esters is 2. The second kappa shape index (κ2) is 15.0. The first-order valence-corrected chi connectivity index (χ1v) is 18.6. The highest BCUT2D eigenvalue weighted by Gasteiger charge is 2.64. The molecular formula is C39H54F3N3O7. The van der Waals surface area contributed by atoms with E-state index in [2.05, 4.69) is 0 Å². The molecule has 288 valence electrons. The molecule has 3 aliphatic rings. The summed E-state index contributed by atoms with van der Waals surface area (Å²) in [6.45, 7) is 12.3. The van der Waals surface area contributed by atoms with Crippen LogP contribution in [0.1, 0.15) is 112 Å². The standard InChI is InChI=1S/C39H54F3N3O7/c1-9-25-30-22-45(32(25)35(48)52-37(5,6)7)34(47)26(36(2,3)4)21-31(46)51-38(39(40,41)42)19-13-15-23(38)14-11-10-12-16-28-33(50-30)44-29-20-24(49-8)17-18-27(29)43-28/h17-18,20,23,25-26,30,32H,9-16,19,21-22H2,1-8H3/t23-,25-,26-,30+,32+,38?/m1/s1. The summed E-state index contributed by atoms with van der Waals surface area (Å²) in [5.74, 6) is -3.92. The number of ether oxygens (including phenoxy) is 4. The molecule has 1 aromatic heterocycles. The molecule has 1 aromatic carbocycles. The fourth-order valence-electron chi connectivity index (χ4n) is 8.19. The molecule has 1 amide bonds. The third-order valence-corrected chi connectivity index (χ3v) is 10.9. The zero-order valence-corrected chi connectivity index (χ0v) is 31.7. The molecule has 1 saturated carbocycles. The summed E-state index contributed by atoms with van der Waals surface area (Å²) in [7, 11) is 1.56. The number of rotatable bonds is 3. The molecule has 0 radical (unpaired) electrons. The topological polar surface area (TPSA) is 117 Å². The molecule has 0 spiro atoms. The molecule has 2 bridgehead atoms. The third kappa shape index (κ3) is 8.28. The number of fused-ring (bicyclic) bond motifs is 5. The van der Waals surface area contributed by atoms with E-state index in [0.29, 0.717) is 54.6 Å². The van der Waals surface area contributed by atoms with E-state index in [1.807, 2.05) is 6.92 Å². The van der Waals surface area contributed by atoms with E-state index in [0.717, 1.165) is 0 Å². The zero-order chi connectivity index (χ0) is 38.2. The molecule has 1 saturated heterocycles. The van der Waals surface area contributed by atoms with Crippen LogP contribution >= 0.6 is 0 Å². The van der Waals surface area contributed by atoms with Gasteiger partial charge in [-0.2, -0.15) is 13.2 Å². The normalized spacial score (nSPS) is 28.3. The van der Waals surface area contributed by atoms with Gasteiger partial charge in [0.25, 0.3) is 0 Å². The van der Waals surface area contributed by atoms with Crippen molar-refractivity contribution in [2.45, 2.75) is 142 Å². The van der Waals surface area contributed by atoms with Crippen molar-refractivity contribution in [2.75, 3.05) is 13.7 Å². The van der Waals surface area contributed by atoms with Crippen LogP contribution < -0.4 is 9.47 Å². The Morgan fingerprint density at radius 3 is 2.35 bits per heavy atom. The number of aromatic nitrogens is 2. The lowest BCUT2D eigenvalue weighted by molar-refractivity contribution is -0.282. The average Bonchev–Trinajstić information content (AvgIpc) is 3.62. The van der Waals surface area contributed by atoms with E-state index < -0.39 is 77.0 Å². The van der Waals surface area contributed by atoms with Gasteiger partial charge < -0.3 is 23.8 Å². The predicted octanol–water partition coefficient (Wildman–Crippen LogP) is 7.78. The van der Waals surface area contributed by atoms with E-state index >= 15 is 0 Å². The molecule has 6 atom stereocenters. The minimum Gasteiger partial charge on any atom is -0.497 e. The summed E-state index contributed by atoms with van der Waals surface area (Å²) in [5.41, 5.74) is -2.62. The van der Waals surface area contributed by atoms with Gasteiger partial charge in [-0.25, -0.2) is 14.8 Å². The minimum absolute atomic E-state index is 0.0330. The lowest BCUT2D eigenvalue weighted by Gasteiger charge is -2.39. The molecule has 52 heavy (non-hydrogen) atoms. The first-order valence-electron chi connectivity index (χ1n) is 18.6. The quantitative estimate of drug-likeness (QED) is 0.292. The number of hydrogen-bond donors (Lipinski definition) is 0. The zero-order valence-electron chi connectivity index (χ0n) is 31.7. The van der Waals surface area contributed by atoms with Crippen LogP contribution in [0.2, 0.25) is 0 Å². The Hall–Kier alpha value is -3.64. The second-order valence-corrected chi connectivity index (χ2v) is 16.7. The largest absolute Gasteiger partial charge is 0.497 e. The number of carbonyl (C=O) groups excluding carboxylic acids is 3. The van der Waals surface area contributed by atoms with E-state index in [1.165, 1.54) is 4.90 Å². The van der Waals surface area contributed by atoms with Crippen molar-refractivity contribution in [3.63, 3.8) is 0 Å². The Labute approximate surface area is 304 Å². The molecule has 10 nitrogen and oxygen atoms in total. The lowest BCUT2D eigenvalue weighted by Crippen LogP contribution is -2.53. The first-order chi connectivity index (χ1) is 24.3. The van der Waals surface area contributed by atoms with Crippen molar-refractivity contribution < 1.29 is 46.5 Å². The number of amides is 1. The molecule has 1 unspecified atom stereocenters. The predicted molar refractivity (Wildman–Crippen MR) is 188 cm³/mol. The van der Waals surface area contributed by atoms with Gasteiger partial charge in [0, 0.05) is 17.9 Å². The Morgan fingerprint density at radius 2 is 1.71 bits per heavy atom. The van der Waals surface area contributed by atoms with E-state index in [9.17, 15) is 27.6 Å². The number of alkyl halides is 3. The van der Waals surface area contributed by atoms with Crippen LogP contribution in [0, 0.1) is 23.2 Å². The number of carbonyl (C=O) groups is 3. The van der Waals surface area contributed by atoms with Crippen LogP contribution in [0.4, 0.5) is 13.2 Å². The molecule has 3 heterocycles. The Kier molecular flexibility index (Phi) is 11.4. The number of methoxy groups -OCH3 is 1. The number of hydrogen-bond acceptors (Lipinski definition) is 9. The highest BCUT2D eigenvalue weighted by Crippen LogP contribution is 2.52. The van der Waals surface area contributed by atoms with Crippen LogP contribution in [-0.4, -0.2) is 75.9 Å². The van der Waals surface area contributed by atoms with Crippen LogP contribution in [0.15, 0.2) is 18.2 Å². The molecule has 5 rings (SSSR count). The van der Waals surface area contributed by atoms with Crippen LogP contribution in [-0.2, 0) is 30.3 Å². The van der Waals surface area contributed by atoms with Gasteiger partial charge in [0.15, 0.2) is 0 Å². The fourth-order valence-corrected chi connectivity index (χ4v) is 8.19. The van der Waals surface area contributed by atoms with E-state index in [1.54, 1.807) is 66.9 Å². The SMILES string of the molecule is CC[C@@H]1[C@@H]2CN(C(=O)[C@H](C(C)(C)C)CC(=O)OC3(C(F)(F)F)CCC[C@H]3CCCCCc3nc4ccc(OC)cc4nc3O2)[C@@H]1C(=O)OC(C)(C)C. The molecule has 2 aliphatic heterocycles. The number of benzene rings is 1. The van der Waals surface area contributed by atoms with Gasteiger partial charge in [-0.15, -0.1) is 0 Å². The molecule has 0 N–H and O–H groups in total. The van der Waals surface area contributed by atoms with Gasteiger partial charge in [0.1, 0.15) is 29.2 Å². The van der Waals surface area contributed by atoms with Crippen LogP contribution in [0.25, 0.3) is 11.0 Å². The summed E-state index contributed by atoms with van der Waals surface area (Å²) in [4.78, 5) is 53.5. The molecular weight excluding hydrogens is 679 g/mol. The summed E-state index contributed by atoms with van der Waals surface area (Å²) in [6, 6.07) is 4.27. The van der Waals surface area contributed by atoms with Crippen molar-refractivity contribution in [3.8, 4) is 11.6 Å². The van der Waals surface area contributed by atoms with Gasteiger partial charge in [0.2, 0.25) is 17.4 Å². The number of nitrogens with zero attached hydrogens (tertiary/aromatic N) is 3. The third-order valence-electron chi connectivity index (χ3n) is 10.9. The Balaban J connectivity index is 1.62. The fraction of sp³-hybridized carbons (Fsp3) is 0.718. The van der Waals surface area contributed by atoms with Crippen molar-refractivity contribution in [1.82, 2.24) is 14.9 Å². The maximum Gasteiger partial charge on any atom is 0.428 e. The highest BCUT2D eigenvalue weighted by molar-refractivity contribution is 5.90. The Morgan fingerprint density at radius 1 is 1.00 bits per heavy atom. The smallest absolute Gasteiger partial charge is 0.428 e. The summed E-state index contributed by atoms with van der Waals surface area (Å²) >= 11 is 0. The Bertz CT molecular complexity index is 1640. The summed E-state index contributed by atoms with van der Waals surface area (Å²) in [6.07, 6.45) is -2.95. The van der Waals surface area contributed by atoms with Crippen molar-refractivity contribution >= 4 is 28.9 Å². The molecule has 13 heteroatoms. The average molecular weight is 734 g/mol. The van der Waals surface area contributed by atoms with Gasteiger partial charge in [0.05, 0.1) is 37.0 Å². The van der Waals surface area contributed by atoms with E-state index in [4.69, 9.17) is 28.9 Å². The van der Waals surface area contributed by atoms with Crippen molar-refractivity contribution in [2.24, 2.45) is 23.2 Å². The second-order valence-electron chi connectivity index (χ2n) is 16.7. The molecule has 2 fully saturated rings. The van der Waals surface area contributed by atoms with Crippen LogP contribution in [0.5, 0.6) is 11.6 Å². The highest BCUT2D eigenvalue weighted by atomic mass is 19.4. The number of halogens is 3. The molecule has 1 aliphatic carbocycles. The first kappa shape index (κ1) is 39.6. The van der Waals surface area contributed by atoms with Gasteiger partial charge >= 0.3 is 18.1 Å². The van der Waals surface area contributed by atoms with Crippen molar-refractivity contribution in [1.29, 1.82) is 0 Å².